The van der Waals surface area contributed by atoms with Crippen molar-refractivity contribution in [3.8, 4) is 11.8 Å². The van der Waals surface area contributed by atoms with Crippen LogP contribution in [0.1, 0.15) is 19.3 Å². The SMILES string of the molecule is C=C1C/C=C\C=C/C#CCC1. The smallest absolute Gasteiger partial charge is 0.0129 e. The molecule has 0 fully saturated rings. The summed E-state index contributed by atoms with van der Waals surface area (Å²) in [6.45, 7) is 3.94. The van der Waals surface area contributed by atoms with Gasteiger partial charge in [0, 0.05) is 6.42 Å². The fourth-order valence-electron chi connectivity index (χ4n) is 0.889. The van der Waals surface area contributed by atoms with Gasteiger partial charge in [0.25, 0.3) is 0 Å². The van der Waals surface area contributed by atoms with Crippen molar-refractivity contribution in [2.75, 3.05) is 0 Å². The van der Waals surface area contributed by atoms with Gasteiger partial charge in [0.2, 0.25) is 0 Å². The quantitative estimate of drug-likeness (QED) is 0.362. The van der Waals surface area contributed by atoms with E-state index in [2.05, 4.69) is 24.5 Å². The van der Waals surface area contributed by atoms with Gasteiger partial charge in [-0.25, -0.2) is 0 Å². The summed E-state index contributed by atoms with van der Waals surface area (Å²) in [5, 5.41) is 0. The Balaban J connectivity index is 2.59. The topological polar surface area (TPSA) is 0 Å². The van der Waals surface area contributed by atoms with Crippen LogP contribution >= 0.6 is 0 Å². The monoisotopic (exact) mass is 144 g/mol. The van der Waals surface area contributed by atoms with Gasteiger partial charge < -0.3 is 0 Å². The van der Waals surface area contributed by atoms with E-state index < -0.39 is 0 Å². The van der Waals surface area contributed by atoms with Crippen molar-refractivity contribution in [2.24, 2.45) is 0 Å². The van der Waals surface area contributed by atoms with E-state index >= 15 is 0 Å². The molecule has 0 saturated heterocycles. The average Bonchev–Trinajstić information content (AvgIpc) is 2.03. The van der Waals surface area contributed by atoms with Gasteiger partial charge in [-0.3, -0.25) is 0 Å². The summed E-state index contributed by atoms with van der Waals surface area (Å²) < 4.78 is 0. The number of rotatable bonds is 0. The van der Waals surface area contributed by atoms with Crippen molar-refractivity contribution in [3.63, 3.8) is 0 Å². The van der Waals surface area contributed by atoms with E-state index in [1.807, 2.05) is 18.2 Å². The van der Waals surface area contributed by atoms with E-state index in [0.717, 1.165) is 19.3 Å². The minimum Gasteiger partial charge on any atom is -0.0995 e. The fraction of sp³-hybridized carbons (Fsp3) is 0.273. The molecule has 0 aliphatic heterocycles. The molecule has 0 heterocycles. The minimum absolute atomic E-state index is 0.941. The number of hydrogen-bond donors (Lipinski definition) is 0. The van der Waals surface area contributed by atoms with Crippen molar-refractivity contribution in [1.29, 1.82) is 0 Å². The van der Waals surface area contributed by atoms with Gasteiger partial charge in [-0.05, 0) is 18.9 Å². The Bertz CT molecular complexity index is 243. The normalized spacial score (nSPS) is 23.1. The van der Waals surface area contributed by atoms with Crippen molar-refractivity contribution < 1.29 is 0 Å². The second kappa shape index (κ2) is 4.57. The van der Waals surface area contributed by atoms with Gasteiger partial charge in [0.15, 0.2) is 0 Å². The van der Waals surface area contributed by atoms with Gasteiger partial charge >= 0.3 is 0 Å². The lowest BCUT2D eigenvalue weighted by atomic mass is 10.1. The third-order valence-electron chi connectivity index (χ3n) is 1.54. The summed E-state index contributed by atoms with van der Waals surface area (Å²) >= 11 is 0. The number of hydrogen-bond acceptors (Lipinski definition) is 0. The molecular formula is C11H12. The molecule has 0 nitrogen and oxygen atoms in total. The lowest BCUT2D eigenvalue weighted by molar-refractivity contribution is 0.965. The third kappa shape index (κ3) is 3.47. The first-order chi connectivity index (χ1) is 5.39. The van der Waals surface area contributed by atoms with Gasteiger partial charge in [-0.1, -0.05) is 42.2 Å². The average molecular weight is 144 g/mol. The van der Waals surface area contributed by atoms with E-state index in [0.29, 0.717) is 0 Å². The van der Waals surface area contributed by atoms with E-state index in [9.17, 15) is 0 Å². The second-order valence-electron chi connectivity index (χ2n) is 2.56. The van der Waals surface area contributed by atoms with Gasteiger partial charge in [0.1, 0.15) is 0 Å². The molecule has 0 radical (unpaired) electrons. The van der Waals surface area contributed by atoms with Crippen LogP contribution in [0.4, 0.5) is 0 Å². The summed E-state index contributed by atoms with van der Waals surface area (Å²) in [5.41, 5.74) is 1.27. The summed E-state index contributed by atoms with van der Waals surface area (Å²) in [5.74, 6) is 6.01. The van der Waals surface area contributed by atoms with Crippen LogP contribution in [0.2, 0.25) is 0 Å². The lowest BCUT2D eigenvalue weighted by Crippen LogP contribution is -1.78. The van der Waals surface area contributed by atoms with Crippen LogP contribution in [0.5, 0.6) is 0 Å². The highest BCUT2D eigenvalue weighted by atomic mass is 13.9. The standard InChI is InChI=1S/C11H12/c1-11-9-7-5-3-2-4-6-8-10-11/h2-3,5,7H,1,8-10H2/b3-2-,7-5-. The molecule has 0 aromatic heterocycles. The summed E-state index contributed by atoms with van der Waals surface area (Å²) in [6.07, 6.45) is 10.9. The Kier molecular flexibility index (Phi) is 3.28. The van der Waals surface area contributed by atoms with Crippen molar-refractivity contribution in [2.45, 2.75) is 19.3 Å². The zero-order valence-electron chi connectivity index (χ0n) is 6.64. The molecule has 1 rings (SSSR count). The molecule has 0 unspecified atom stereocenters. The van der Waals surface area contributed by atoms with Crippen molar-refractivity contribution >= 4 is 0 Å². The Morgan fingerprint density at radius 2 is 2.27 bits per heavy atom. The molecule has 1 aliphatic carbocycles. The van der Waals surface area contributed by atoms with Crippen molar-refractivity contribution in [1.82, 2.24) is 0 Å². The Labute approximate surface area is 68.3 Å². The van der Waals surface area contributed by atoms with E-state index in [1.165, 1.54) is 5.57 Å². The molecular weight excluding hydrogens is 132 g/mol. The van der Waals surface area contributed by atoms with E-state index in [-0.39, 0.29) is 0 Å². The predicted molar refractivity (Wildman–Crippen MR) is 49.0 cm³/mol. The Morgan fingerprint density at radius 3 is 3.18 bits per heavy atom. The molecule has 0 aromatic carbocycles. The molecule has 0 saturated carbocycles. The summed E-state index contributed by atoms with van der Waals surface area (Å²) in [4.78, 5) is 0. The molecule has 0 aromatic rings. The first kappa shape index (κ1) is 7.88. The zero-order chi connectivity index (χ0) is 7.94. The largest absolute Gasteiger partial charge is 0.0995 e. The molecule has 0 bridgehead atoms. The first-order valence-electron chi connectivity index (χ1n) is 3.86. The van der Waals surface area contributed by atoms with Gasteiger partial charge in [-0.2, -0.15) is 0 Å². The van der Waals surface area contributed by atoms with Crippen LogP contribution in [0.25, 0.3) is 0 Å². The molecule has 11 heavy (non-hydrogen) atoms. The highest BCUT2D eigenvalue weighted by Gasteiger charge is 1.89. The highest BCUT2D eigenvalue weighted by Crippen LogP contribution is 2.07. The van der Waals surface area contributed by atoms with Crippen LogP contribution in [-0.4, -0.2) is 0 Å². The predicted octanol–water partition coefficient (Wildman–Crippen LogP) is 2.84. The molecule has 1 aliphatic rings. The third-order valence-corrected chi connectivity index (χ3v) is 1.54. The van der Waals surface area contributed by atoms with Gasteiger partial charge in [-0.15, -0.1) is 0 Å². The molecule has 0 amide bonds. The Morgan fingerprint density at radius 1 is 1.36 bits per heavy atom. The molecule has 0 heteroatoms. The maximum absolute atomic E-state index is 3.94. The maximum atomic E-state index is 3.94. The molecule has 0 N–H and O–H groups in total. The zero-order valence-corrected chi connectivity index (χ0v) is 6.64. The van der Waals surface area contributed by atoms with Crippen LogP contribution in [0.3, 0.4) is 0 Å². The second-order valence-corrected chi connectivity index (χ2v) is 2.56. The summed E-state index contributed by atoms with van der Waals surface area (Å²) in [6, 6.07) is 0. The Hall–Kier alpha value is -1.22. The lowest BCUT2D eigenvalue weighted by Gasteiger charge is -1.97. The van der Waals surface area contributed by atoms with Crippen LogP contribution in [-0.2, 0) is 0 Å². The van der Waals surface area contributed by atoms with E-state index in [4.69, 9.17) is 0 Å². The molecule has 0 atom stereocenters. The minimum atomic E-state index is 0.941. The molecule has 56 valence electrons. The number of allylic oxidation sites excluding steroid dienone is 5. The van der Waals surface area contributed by atoms with Crippen molar-refractivity contribution in [3.05, 3.63) is 36.5 Å². The van der Waals surface area contributed by atoms with Crippen LogP contribution in [0.15, 0.2) is 36.5 Å². The van der Waals surface area contributed by atoms with E-state index in [1.54, 1.807) is 0 Å². The highest BCUT2D eigenvalue weighted by molar-refractivity contribution is 5.22. The fourth-order valence-corrected chi connectivity index (χ4v) is 0.889. The van der Waals surface area contributed by atoms with Gasteiger partial charge in [0.05, 0.1) is 0 Å². The maximum Gasteiger partial charge on any atom is 0.0129 e. The summed E-state index contributed by atoms with van der Waals surface area (Å²) in [7, 11) is 0. The van der Waals surface area contributed by atoms with Crippen LogP contribution < -0.4 is 0 Å². The first-order valence-corrected chi connectivity index (χ1v) is 3.86. The van der Waals surface area contributed by atoms with Crippen LogP contribution in [0, 0.1) is 11.8 Å². The molecule has 0 spiro atoms.